The summed E-state index contributed by atoms with van der Waals surface area (Å²) in [4.78, 5) is 11.1. The Kier molecular flexibility index (Phi) is 3.78. The molecule has 1 heterocycles. The van der Waals surface area contributed by atoms with Crippen molar-refractivity contribution in [2.24, 2.45) is 0 Å². The van der Waals surface area contributed by atoms with E-state index in [0.29, 0.717) is 12.5 Å². The molecule has 0 fully saturated rings. The Bertz CT molecular complexity index is 482. The van der Waals surface area contributed by atoms with Crippen molar-refractivity contribution >= 4 is 5.97 Å². The van der Waals surface area contributed by atoms with Gasteiger partial charge in [-0.15, -0.1) is 0 Å². The summed E-state index contributed by atoms with van der Waals surface area (Å²) in [5, 5.41) is 2.33. The van der Waals surface area contributed by atoms with Crippen molar-refractivity contribution in [3.05, 3.63) is 47.7 Å². The predicted molar refractivity (Wildman–Crippen MR) is 62.2 cm³/mol. The number of halogens is 3. The van der Waals surface area contributed by atoms with E-state index in [0.717, 1.165) is 5.56 Å². The van der Waals surface area contributed by atoms with Crippen LogP contribution in [0.25, 0.3) is 0 Å². The van der Waals surface area contributed by atoms with Crippen molar-refractivity contribution in [3.63, 3.8) is 0 Å². The van der Waals surface area contributed by atoms with Gasteiger partial charge in [-0.2, -0.15) is 13.2 Å². The lowest BCUT2D eigenvalue weighted by Gasteiger charge is -2.20. The van der Waals surface area contributed by atoms with Gasteiger partial charge in [0.15, 0.2) is 0 Å². The fourth-order valence-corrected chi connectivity index (χ4v) is 1.82. The fourth-order valence-electron chi connectivity index (χ4n) is 1.82. The molecule has 0 spiro atoms. The van der Waals surface area contributed by atoms with Gasteiger partial charge >= 0.3 is 12.1 Å². The van der Waals surface area contributed by atoms with Crippen LogP contribution in [0.15, 0.2) is 42.1 Å². The van der Waals surface area contributed by atoms with E-state index in [1.807, 2.05) is 18.2 Å². The molecule has 0 saturated carbocycles. The van der Waals surface area contributed by atoms with Crippen LogP contribution >= 0.6 is 0 Å². The molecule has 0 aromatic heterocycles. The zero-order valence-electron chi connectivity index (χ0n) is 9.91. The number of ether oxygens (including phenoxy) is 1. The summed E-state index contributed by atoms with van der Waals surface area (Å²) in [6.45, 7) is -0.0934. The van der Waals surface area contributed by atoms with Gasteiger partial charge in [0, 0.05) is 0 Å². The van der Waals surface area contributed by atoms with Crippen LogP contribution in [0.4, 0.5) is 13.2 Å². The molecule has 1 aromatic carbocycles. The van der Waals surface area contributed by atoms with Crippen molar-refractivity contribution in [2.45, 2.75) is 18.6 Å². The SMILES string of the molecule is O=C1C=C(C(F)(F)F)N[C@@H](Cc2ccccc2)CO1. The van der Waals surface area contributed by atoms with Gasteiger partial charge in [-0.3, -0.25) is 0 Å². The number of alkyl halides is 3. The average Bonchev–Trinajstić information content (AvgIpc) is 2.53. The minimum atomic E-state index is -4.59. The molecule has 1 N–H and O–H groups in total. The smallest absolute Gasteiger partial charge is 0.431 e. The predicted octanol–water partition coefficient (Wildman–Crippen LogP) is 2.19. The van der Waals surface area contributed by atoms with Gasteiger partial charge in [-0.25, -0.2) is 4.79 Å². The summed E-state index contributed by atoms with van der Waals surface area (Å²) in [5.41, 5.74) is -0.185. The molecule has 1 aliphatic heterocycles. The second kappa shape index (κ2) is 5.34. The number of allylic oxidation sites excluding steroid dienone is 1. The van der Waals surface area contributed by atoms with Crippen molar-refractivity contribution in [2.75, 3.05) is 6.61 Å². The van der Waals surface area contributed by atoms with E-state index < -0.39 is 23.9 Å². The van der Waals surface area contributed by atoms with Gasteiger partial charge in [0.1, 0.15) is 12.3 Å². The highest BCUT2D eigenvalue weighted by molar-refractivity contribution is 5.83. The van der Waals surface area contributed by atoms with Crippen molar-refractivity contribution < 1.29 is 22.7 Å². The second-order valence-corrected chi connectivity index (χ2v) is 4.22. The number of rotatable bonds is 2. The Hall–Kier alpha value is -1.98. The molecule has 1 aliphatic rings. The van der Waals surface area contributed by atoms with Crippen LogP contribution in [0.5, 0.6) is 0 Å². The molecule has 3 nitrogen and oxygen atoms in total. The third kappa shape index (κ3) is 3.74. The van der Waals surface area contributed by atoms with E-state index in [4.69, 9.17) is 4.74 Å². The van der Waals surface area contributed by atoms with Crippen LogP contribution < -0.4 is 5.32 Å². The van der Waals surface area contributed by atoms with E-state index in [1.165, 1.54) is 0 Å². The number of hydrogen-bond acceptors (Lipinski definition) is 3. The van der Waals surface area contributed by atoms with Gasteiger partial charge in [-0.1, -0.05) is 30.3 Å². The molecule has 19 heavy (non-hydrogen) atoms. The van der Waals surface area contributed by atoms with E-state index in [1.54, 1.807) is 12.1 Å². The van der Waals surface area contributed by atoms with Crippen LogP contribution in [0.3, 0.4) is 0 Å². The molecule has 0 saturated heterocycles. The topological polar surface area (TPSA) is 38.3 Å². The minimum absolute atomic E-state index is 0.0934. The molecule has 2 rings (SSSR count). The number of nitrogens with one attached hydrogen (secondary N) is 1. The largest absolute Gasteiger partial charge is 0.460 e. The molecule has 102 valence electrons. The summed E-state index contributed by atoms with van der Waals surface area (Å²) in [7, 11) is 0. The van der Waals surface area contributed by atoms with Gasteiger partial charge in [-0.05, 0) is 12.0 Å². The van der Waals surface area contributed by atoms with Crippen LogP contribution in [0.2, 0.25) is 0 Å². The standard InChI is InChI=1S/C13H12F3NO2/c14-13(15,16)11-7-12(18)19-8-10(17-11)6-9-4-2-1-3-5-9/h1-5,7,10,17H,6,8H2/t10-/m0/s1. The summed E-state index contributed by atoms with van der Waals surface area (Å²) in [5.74, 6) is -0.976. The number of cyclic esters (lactones) is 1. The first-order valence-electron chi connectivity index (χ1n) is 5.71. The molecule has 0 aliphatic carbocycles. The molecular formula is C13H12F3NO2. The molecule has 0 unspecified atom stereocenters. The van der Waals surface area contributed by atoms with Gasteiger partial charge in [0.05, 0.1) is 12.1 Å². The summed E-state index contributed by atoms with van der Waals surface area (Å²) < 4.78 is 42.7. The average molecular weight is 271 g/mol. The Morgan fingerprint density at radius 3 is 2.58 bits per heavy atom. The number of benzene rings is 1. The van der Waals surface area contributed by atoms with Gasteiger partial charge in [0.2, 0.25) is 0 Å². The maximum absolute atomic E-state index is 12.7. The zero-order chi connectivity index (χ0) is 13.9. The molecule has 1 atom stereocenters. The van der Waals surface area contributed by atoms with Crippen molar-refractivity contribution in [1.82, 2.24) is 5.32 Å². The Morgan fingerprint density at radius 1 is 1.26 bits per heavy atom. The van der Waals surface area contributed by atoms with Crippen LogP contribution in [-0.2, 0) is 16.0 Å². The number of hydrogen-bond donors (Lipinski definition) is 1. The fraction of sp³-hybridized carbons (Fsp3) is 0.308. The zero-order valence-corrected chi connectivity index (χ0v) is 9.91. The summed E-state index contributed by atoms with van der Waals surface area (Å²) >= 11 is 0. The lowest BCUT2D eigenvalue weighted by atomic mass is 10.1. The maximum Gasteiger partial charge on any atom is 0.431 e. The highest BCUT2D eigenvalue weighted by atomic mass is 19.4. The molecule has 1 aromatic rings. The number of carbonyl (C=O) groups is 1. The van der Waals surface area contributed by atoms with Crippen LogP contribution in [0.1, 0.15) is 5.56 Å². The lowest BCUT2D eigenvalue weighted by molar-refractivity contribution is -0.138. The van der Waals surface area contributed by atoms with Crippen molar-refractivity contribution in [3.8, 4) is 0 Å². The minimum Gasteiger partial charge on any atom is -0.460 e. The monoisotopic (exact) mass is 271 g/mol. The highest BCUT2D eigenvalue weighted by Gasteiger charge is 2.37. The molecular weight excluding hydrogens is 259 g/mol. The number of esters is 1. The van der Waals surface area contributed by atoms with Crippen LogP contribution in [-0.4, -0.2) is 24.8 Å². The molecule has 6 heteroatoms. The Labute approximate surface area is 108 Å². The first-order valence-corrected chi connectivity index (χ1v) is 5.71. The van der Waals surface area contributed by atoms with E-state index in [9.17, 15) is 18.0 Å². The van der Waals surface area contributed by atoms with Gasteiger partial charge in [0.25, 0.3) is 0 Å². The van der Waals surface area contributed by atoms with Crippen molar-refractivity contribution in [1.29, 1.82) is 0 Å². The molecule has 0 radical (unpaired) electrons. The molecule has 0 amide bonds. The third-order valence-corrected chi connectivity index (χ3v) is 2.68. The van der Waals surface area contributed by atoms with E-state index in [2.05, 4.69) is 5.32 Å². The second-order valence-electron chi connectivity index (χ2n) is 4.22. The first-order chi connectivity index (χ1) is 8.95. The Morgan fingerprint density at radius 2 is 1.95 bits per heavy atom. The summed E-state index contributed by atoms with van der Waals surface area (Å²) in [6.07, 6.45) is -3.79. The number of carbonyl (C=O) groups excluding carboxylic acids is 1. The van der Waals surface area contributed by atoms with Crippen LogP contribution in [0, 0.1) is 0 Å². The quantitative estimate of drug-likeness (QED) is 0.838. The highest BCUT2D eigenvalue weighted by Crippen LogP contribution is 2.25. The van der Waals surface area contributed by atoms with E-state index in [-0.39, 0.29) is 6.61 Å². The maximum atomic E-state index is 12.7. The Balaban J connectivity index is 2.11. The lowest BCUT2D eigenvalue weighted by Crippen LogP contribution is -2.37. The third-order valence-electron chi connectivity index (χ3n) is 2.68. The van der Waals surface area contributed by atoms with E-state index >= 15 is 0 Å². The summed E-state index contributed by atoms with van der Waals surface area (Å²) in [6, 6.07) is 8.46. The molecule has 0 bridgehead atoms. The van der Waals surface area contributed by atoms with Gasteiger partial charge < -0.3 is 10.1 Å². The normalized spacial score (nSPS) is 20.1. The first kappa shape index (κ1) is 13.5.